The summed E-state index contributed by atoms with van der Waals surface area (Å²) < 4.78 is 16.6. The van der Waals surface area contributed by atoms with E-state index in [9.17, 15) is 14.4 Å². The van der Waals surface area contributed by atoms with Crippen LogP contribution in [0, 0.1) is 0 Å². The Labute approximate surface area is 402 Å². The second-order valence-corrected chi connectivity index (χ2v) is 15.3. The molecule has 0 aromatic rings. The lowest BCUT2D eigenvalue weighted by atomic mass is 10.1. The van der Waals surface area contributed by atoms with E-state index in [1.165, 1.54) is 0 Å². The van der Waals surface area contributed by atoms with Gasteiger partial charge in [-0.25, -0.2) is 0 Å². The first kappa shape index (κ1) is 60.5. The Kier molecular flexibility index (Phi) is 47.8. The molecule has 0 bridgehead atoms. The van der Waals surface area contributed by atoms with Crippen molar-refractivity contribution in [1.82, 2.24) is 0 Å². The molecule has 0 saturated heterocycles. The molecule has 0 aliphatic rings. The quantitative estimate of drug-likeness (QED) is 0.0200. The van der Waals surface area contributed by atoms with Gasteiger partial charge in [-0.15, -0.1) is 0 Å². The lowest BCUT2D eigenvalue weighted by molar-refractivity contribution is -0.166. The largest absolute Gasteiger partial charge is 0.462 e. The fourth-order valence-electron chi connectivity index (χ4n) is 5.66. The maximum atomic E-state index is 12.8. The SMILES string of the molecule is CC/C=C/C=C/C=C/C=C/C=C/CCCC(=O)OCC(COC(=O)CCCCC/C=C/C/C=C/C/C=C/C/C=C/C/C=C/CC)OC(=O)CC/C=C/C/C=C/C/C=C/C/C=C/C/C=C/CC. The second kappa shape index (κ2) is 52.1. The highest BCUT2D eigenvalue weighted by molar-refractivity contribution is 5.71. The minimum absolute atomic E-state index is 0.158. The minimum atomic E-state index is -0.871. The smallest absolute Gasteiger partial charge is 0.306 e. The Morgan fingerprint density at radius 2 is 0.667 bits per heavy atom. The van der Waals surface area contributed by atoms with Crippen molar-refractivity contribution in [1.29, 1.82) is 0 Å². The summed E-state index contributed by atoms with van der Waals surface area (Å²) in [7, 11) is 0. The van der Waals surface area contributed by atoms with Gasteiger partial charge in [-0.05, 0) is 109 Å². The van der Waals surface area contributed by atoms with Crippen LogP contribution in [0.5, 0.6) is 0 Å². The molecule has 6 nitrogen and oxygen atoms in total. The third-order valence-electron chi connectivity index (χ3n) is 9.28. The Bertz CT molecular complexity index is 1650. The number of hydrogen-bond donors (Lipinski definition) is 0. The van der Waals surface area contributed by atoms with Gasteiger partial charge in [0.05, 0.1) is 0 Å². The molecule has 0 aliphatic carbocycles. The van der Waals surface area contributed by atoms with Gasteiger partial charge in [-0.1, -0.05) is 209 Å². The highest BCUT2D eigenvalue weighted by atomic mass is 16.6. The van der Waals surface area contributed by atoms with Gasteiger partial charge in [0.2, 0.25) is 0 Å². The summed E-state index contributed by atoms with van der Waals surface area (Å²) in [4.78, 5) is 37.9. The van der Waals surface area contributed by atoms with Crippen molar-refractivity contribution < 1.29 is 28.6 Å². The lowest BCUT2D eigenvalue weighted by Gasteiger charge is -2.18. The van der Waals surface area contributed by atoms with Gasteiger partial charge >= 0.3 is 17.9 Å². The molecule has 362 valence electrons. The third-order valence-corrected chi connectivity index (χ3v) is 9.28. The Hall–Kier alpha value is -5.49. The van der Waals surface area contributed by atoms with Gasteiger partial charge in [-0.2, -0.15) is 0 Å². The molecule has 6 heteroatoms. The monoisotopic (exact) mass is 903 g/mol. The van der Waals surface area contributed by atoms with Crippen LogP contribution in [0.4, 0.5) is 0 Å². The zero-order valence-electron chi connectivity index (χ0n) is 41.1. The van der Waals surface area contributed by atoms with Crippen LogP contribution in [-0.2, 0) is 28.6 Å². The van der Waals surface area contributed by atoms with E-state index in [0.717, 1.165) is 96.3 Å². The Morgan fingerprint density at radius 1 is 0.318 bits per heavy atom. The highest BCUT2D eigenvalue weighted by Crippen LogP contribution is 2.09. The highest BCUT2D eigenvalue weighted by Gasteiger charge is 2.19. The fraction of sp³-hybridized carbons (Fsp3) is 0.450. The molecule has 0 spiro atoms. The van der Waals surface area contributed by atoms with Gasteiger partial charge < -0.3 is 14.2 Å². The van der Waals surface area contributed by atoms with Gasteiger partial charge in [0.1, 0.15) is 13.2 Å². The lowest BCUT2D eigenvalue weighted by Crippen LogP contribution is -2.30. The van der Waals surface area contributed by atoms with E-state index in [1.807, 2.05) is 66.8 Å². The van der Waals surface area contributed by atoms with Gasteiger partial charge in [0, 0.05) is 19.3 Å². The van der Waals surface area contributed by atoms with E-state index < -0.39 is 12.1 Å². The molecule has 0 radical (unpaired) electrons. The van der Waals surface area contributed by atoms with Crippen molar-refractivity contribution in [2.24, 2.45) is 0 Å². The summed E-state index contributed by atoms with van der Waals surface area (Å²) >= 11 is 0. The number of esters is 3. The van der Waals surface area contributed by atoms with Gasteiger partial charge in [-0.3, -0.25) is 14.4 Å². The van der Waals surface area contributed by atoms with Crippen LogP contribution in [0.25, 0.3) is 0 Å². The molecular weight excluding hydrogens is 817 g/mol. The molecule has 0 amide bonds. The predicted molar refractivity (Wildman–Crippen MR) is 283 cm³/mol. The van der Waals surface area contributed by atoms with Crippen LogP contribution in [0.15, 0.2) is 182 Å². The maximum Gasteiger partial charge on any atom is 0.306 e. The van der Waals surface area contributed by atoms with Crippen LogP contribution < -0.4 is 0 Å². The van der Waals surface area contributed by atoms with Crippen molar-refractivity contribution in [3.63, 3.8) is 0 Å². The molecule has 66 heavy (non-hydrogen) atoms. The van der Waals surface area contributed by atoms with E-state index in [-0.39, 0.29) is 44.4 Å². The normalized spacial score (nSPS) is 13.7. The van der Waals surface area contributed by atoms with Crippen molar-refractivity contribution in [3.05, 3.63) is 182 Å². The van der Waals surface area contributed by atoms with Gasteiger partial charge in [0.15, 0.2) is 6.10 Å². The number of ether oxygens (including phenoxy) is 3. The second-order valence-electron chi connectivity index (χ2n) is 15.3. The standard InChI is InChI=1S/C60H86O6/c1-4-7-10-13-16-19-22-25-27-29-30-31-33-35-38-41-44-47-50-53-59(62)65-56-57(55-64-58(61)52-49-46-43-40-37-34-24-21-18-15-12-9-6-3)66-60(63)54-51-48-45-42-39-36-32-28-26-23-20-17-14-11-8-5-2/h7-12,15-21,24-28,30-31,34-40,43,45,48,57H,4-6,13-14,22-23,29,32-33,41-42,44,46-47,49-56H2,1-3H3/b10-7+,11-8+,12-9+,18-15+,19-16+,20-17+,24-21+,27-25+,28-26+,31-30+,37-34+,38-35+,39-36+,43-40+,48-45+. The number of rotatable bonds is 41. The minimum Gasteiger partial charge on any atom is -0.462 e. The summed E-state index contributed by atoms with van der Waals surface area (Å²) in [5.74, 6) is -1.17. The van der Waals surface area contributed by atoms with Crippen molar-refractivity contribution in [3.8, 4) is 0 Å². The molecule has 0 aliphatic heterocycles. The van der Waals surface area contributed by atoms with E-state index >= 15 is 0 Å². The van der Waals surface area contributed by atoms with Crippen LogP contribution in [0.2, 0.25) is 0 Å². The zero-order chi connectivity index (χ0) is 47.9. The molecule has 0 saturated carbocycles. The molecule has 0 rings (SSSR count). The topological polar surface area (TPSA) is 78.9 Å². The van der Waals surface area contributed by atoms with E-state index in [4.69, 9.17) is 14.2 Å². The molecule has 0 aromatic heterocycles. The van der Waals surface area contributed by atoms with Crippen LogP contribution in [0.1, 0.15) is 156 Å². The van der Waals surface area contributed by atoms with E-state index in [0.29, 0.717) is 19.3 Å². The molecule has 0 aromatic carbocycles. The molecule has 1 atom stereocenters. The van der Waals surface area contributed by atoms with E-state index in [1.54, 1.807) is 0 Å². The molecule has 0 N–H and O–H groups in total. The van der Waals surface area contributed by atoms with Crippen molar-refractivity contribution >= 4 is 17.9 Å². The van der Waals surface area contributed by atoms with Crippen LogP contribution in [0.3, 0.4) is 0 Å². The molecule has 0 heterocycles. The molecule has 1 unspecified atom stereocenters. The summed E-state index contributed by atoms with van der Waals surface area (Å²) in [6, 6.07) is 0. The van der Waals surface area contributed by atoms with Crippen molar-refractivity contribution in [2.45, 2.75) is 162 Å². The average Bonchev–Trinajstić information content (AvgIpc) is 3.31. The number of allylic oxidation sites excluding steroid dienone is 30. The van der Waals surface area contributed by atoms with Crippen molar-refractivity contribution in [2.75, 3.05) is 13.2 Å². The Morgan fingerprint density at radius 3 is 1.11 bits per heavy atom. The average molecular weight is 903 g/mol. The molecule has 0 fully saturated rings. The van der Waals surface area contributed by atoms with Crippen LogP contribution >= 0.6 is 0 Å². The predicted octanol–water partition coefficient (Wildman–Crippen LogP) is 16.6. The number of unbranched alkanes of at least 4 members (excludes halogenated alkanes) is 4. The summed E-state index contributed by atoms with van der Waals surface area (Å²) in [6.07, 6.45) is 79.0. The van der Waals surface area contributed by atoms with Crippen LogP contribution in [-0.4, -0.2) is 37.2 Å². The number of carbonyl (C=O) groups excluding carboxylic acids is 3. The fourth-order valence-corrected chi connectivity index (χ4v) is 5.66. The van der Waals surface area contributed by atoms with E-state index in [2.05, 4.69) is 136 Å². The summed E-state index contributed by atoms with van der Waals surface area (Å²) in [5, 5.41) is 0. The first-order chi connectivity index (χ1) is 32.5. The summed E-state index contributed by atoms with van der Waals surface area (Å²) in [5.41, 5.74) is 0. The number of hydrogen-bond acceptors (Lipinski definition) is 6. The third kappa shape index (κ3) is 49.5. The first-order valence-electron chi connectivity index (χ1n) is 24.9. The zero-order valence-corrected chi connectivity index (χ0v) is 41.1. The number of carbonyl (C=O) groups is 3. The Balaban J connectivity index is 4.69. The maximum absolute atomic E-state index is 12.8. The molecular formula is C60H86O6. The van der Waals surface area contributed by atoms with Gasteiger partial charge in [0.25, 0.3) is 0 Å². The first-order valence-corrected chi connectivity index (χ1v) is 24.9. The summed E-state index contributed by atoms with van der Waals surface area (Å²) in [6.45, 7) is 6.06.